The van der Waals surface area contributed by atoms with Crippen molar-refractivity contribution >= 4 is 11.6 Å². The van der Waals surface area contributed by atoms with E-state index in [-0.39, 0.29) is 35.9 Å². The highest BCUT2D eigenvalue weighted by atomic mass is 16.7. The molecule has 0 heterocycles. The molecule has 0 radical (unpaired) electrons. The van der Waals surface area contributed by atoms with Crippen LogP contribution in [0.3, 0.4) is 0 Å². The Balaban J connectivity index is 1.58. The fraction of sp³-hybridized carbons (Fsp3) is 0.750. The van der Waals surface area contributed by atoms with Crippen LogP contribution in [0, 0.1) is 34.5 Å². The Labute approximate surface area is 168 Å². The Kier molecular flexibility index (Phi) is 5.16. The minimum Gasteiger partial charge on any atom is -0.359 e. The van der Waals surface area contributed by atoms with Crippen LogP contribution in [0.5, 0.6) is 0 Å². The van der Waals surface area contributed by atoms with Gasteiger partial charge in [-0.1, -0.05) is 31.6 Å². The van der Waals surface area contributed by atoms with E-state index in [1.54, 1.807) is 7.11 Å². The SMILES string of the molecule is C=C1C[C@H]2[C@@H]3CCC4=CC(=O)CC[C@]4(C)[C@H]3CC[C@]2(C)[C@H]1C(=O)COCOC. The summed E-state index contributed by atoms with van der Waals surface area (Å²) in [5, 5.41) is 0. The van der Waals surface area contributed by atoms with Gasteiger partial charge in [-0.3, -0.25) is 9.59 Å². The van der Waals surface area contributed by atoms with E-state index < -0.39 is 0 Å². The van der Waals surface area contributed by atoms with Gasteiger partial charge in [0.25, 0.3) is 0 Å². The number of methoxy groups -OCH3 is 1. The van der Waals surface area contributed by atoms with E-state index >= 15 is 0 Å². The molecular weight excluding hydrogens is 352 g/mol. The molecule has 0 spiro atoms. The average molecular weight is 387 g/mol. The number of fused-ring (bicyclic) bond motifs is 5. The van der Waals surface area contributed by atoms with Crippen LogP contribution in [0.15, 0.2) is 23.8 Å². The van der Waals surface area contributed by atoms with Crippen molar-refractivity contribution in [2.24, 2.45) is 34.5 Å². The third-order valence-corrected chi connectivity index (χ3v) is 8.72. The molecule has 0 aliphatic heterocycles. The quantitative estimate of drug-likeness (QED) is 0.397. The molecule has 4 heteroatoms. The lowest BCUT2D eigenvalue weighted by molar-refractivity contribution is -0.137. The minimum absolute atomic E-state index is 0.00612. The molecule has 0 N–H and O–H groups in total. The van der Waals surface area contributed by atoms with Gasteiger partial charge in [0.1, 0.15) is 13.4 Å². The maximum absolute atomic E-state index is 13.0. The van der Waals surface area contributed by atoms with E-state index in [1.165, 1.54) is 5.57 Å². The molecule has 4 rings (SSSR count). The smallest absolute Gasteiger partial charge is 0.166 e. The number of ketones is 2. The first kappa shape index (κ1) is 20.0. The normalized spacial score (nSPS) is 42.5. The number of allylic oxidation sites excluding steroid dienone is 2. The Morgan fingerprint density at radius 3 is 2.75 bits per heavy atom. The average Bonchev–Trinajstić information content (AvgIpc) is 2.92. The third kappa shape index (κ3) is 2.95. The van der Waals surface area contributed by atoms with Crippen molar-refractivity contribution in [3.63, 3.8) is 0 Å². The minimum atomic E-state index is -0.0898. The molecule has 0 bridgehead atoms. The van der Waals surface area contributed by atoms with Gasteiger partial charge in [-0.2, -0.15) is 0 Å². The summed E-state index contributed by atoms with van der Waals surface area (Å²) in [4.78, 5) is 25.0. The summed E-state index contributed by atoms with van der Waals surface area (Å²) in [5.41, 5.74) is 2.66. The molecule has 3 fully saturated rings. The molecule has 4 aliphatic rings. The molecule has 28 heavy (non-hydrogen) atoms. The van der Waals surface area contributed by atoms with Crippen LogP contribution >= 0.6 is 0 Å². The number of hydrogen-bond donors (Lipinski definition) is 0. The molecule has 4 aliphatic carbocycles. The van der Waals surface area contributed by atoms with Crippen LogP contribution in [0.25, 0.3) is 0 Å². The van der Waals surface area contributed by atoms with Gasteiger partial charge in [-0.05, 0) is 73.2 Å². The molecule has 154 valence electrons. The lowest BCUT2D eigenvalue weighted by atomic mass is 9.46. The summed E-state index contributed by atoms with van der Waals surface area (Å²) in [6.45, 7) is 9.32. The number of carbonyl (C=O) groups excluding carboxylic acids is 2. The van der Waals surface area contributed by atoms with E-state index in [1.807, 2.05) is 6.08 Å². The Bertz CT molecular complexity index is 722. The van der Waals surface area contributed by atoms with Crippen LogP contribution < -0.4 is 0 Å². The van der Waals surface area contributed by atoms with Crippen LogP contribution in [-0.2, 0) is 19.1 Å². The van der Waals surface area contributed by atoms with Crippen molar-refractivity contribution in [3.8, 4) is 0 Å². The zero-order valence-corrected chi connectivity index (χ0v) is 17.6. The summed E-state index contributed by atoms with van der Waals surface area (Å²) >= 11 is 0. The van der Waals surface area contributed by atoms with Crippen molar-refractivity contribution in [1.82, 2.24) is 0 Å². The molecule has 0 unspecified atom stereocenters. The van der Waals surface area contributed by atoms with E-state index in [0.29, 0.717) is 30.0 Å². The van der Waals surface area contributed by atoms with Crippen molar-refractivity contribution in [1.29, 1.82) is 0 Å². The predicted molar refractivity (Wildman–Crippen MR) is 108 cm³/mol. The fourth-order valence-corrected chi connectivity index (χ4v) is 7.42. The number of ether oxygens (including phenoxy) is 2. The van der Waals surface area contributed by atoms with Gasteiger partial charge in [0.2, 0.25) is 0 Å². The maximum Gasteiger partial charge on any atom is 0.166 e. The second kappa shape index (κ2) is 7.21. The first-order valence-electron chi connectivity index (χ1n) is 10.8. The molecule has 3 saturated carbocycles. The number of carbonyl (C=O) groups is 2. The van der Waals surface area contributed by atoms with Crippen LogP contribution in [0.1, 0.15) is 58.8 Å². The molecule has 6 atom stereocenters. The van der Waals surface area contributed by atoms with Gasteiger partial charge >= 0.3 is 0 Å². The summed E-state index contributed by atoms with van der Waals surface area (Å²) in [6, 6.07) is 0. The monoisotopic (exact) mass is 386 g/mol. The van der Waals surface area contributed by atoms with E-state index in [2.05, 4.69) is 20.4 Å². The Morgan fingerprint density at radius 1 is 1.21 bits per heavy atom. The van der Waals surface area contributed by atoms with Crippen molar-refractivity contribution in [3.05, 3.63) is 23.8 Å². The molecular formula is C24H34O4. The highest BCUT2D eigenvalue weighted by molar-refractivity contribution is 5.91. The van der Waals surface area contributed by atoms with E-state index in [4.69, 9.17) is 9.47 Å². The van der Waals surface area contributed by atoms with Crippen molar-refractivity contribution < 1.29 is 19.1 Å². The number of rotatable bonds is 5. The van der Waals surface area contributed by atoms with E-state index in [9.17, 15) is 9.59 Å². The highest BCUT2D eigenvalue weighted by Crippen LogP contribution is 2.67. The number of hydrogen-bond acceptors (Lipinski definition) is 4. The van der Waals surface area contributed by atoms with Gasteiger partial charge < -0.3 is 9.47 Å². The Hall–Kier alpha value is -1.26. The molecule has 0 aromatic heterocycles. The molecule has 0 saturated heterocycles. The van der Waals surface area contributed by atoms with Gasteiger partial charge in [0, 0.05) is 19.4 Å². The summed E-state index contributed by atoms with van der Waals surface area (Å²) in [5.74, 6) is 2.16. The van der Waals surface area contributed by atoms with Gasteiger partial charge in [-0.15, -0.1) is 0 Å². The van der Waals surface area contributed by atoms with Crippen LogP contribution in [0.4, 0.5) is 0 Å². The summed E-state index contributed by atoms with van der Waals surface area (Å²) < 4.78 is 10.3. The standard InChI is InChI=1S/C24H34O4/c1-15-11-20-18-6-5-16-12-17(25)7-9-23(16,2)19(18)8-10-24(20,3)22(15)21(26)13-28-14-27-4/h12,18-20,22H,1,5-11,13-14H2,2-4H3/t18-,19+,20+,22-,23+,24+/m1/s1. The fourth-order valence-electron chi connectivity index (χ4n) is 7.42. The zero-order valence-electron chi connectivity index (χ0n) is 17.6. The van der Waals surface area contributed by atoms with Crippen LogP contribution in [-0.4, -0.2) is 32.1 Å². The second-order valence-electron chi connectivity index (χ2n) is 10.0. The molecule has 0 aromatic rings. The predicted octanol–water partition coefficient (Wildman–Crippen LogP) is 4.49. The first-order chi connectivity index (χ1) is 13.3. The second-order valence-corrected chi connectivity index (χ2v) is 10.0. The van der Waals surface area contributed by atoms with E-state index in [0.717, 1.165) is 44.1 Å². The lowest BCUT2D eigenvalue weighted by Crippen LogP contribution is -2.51. The first-order valence-corrected chi connectivity index (χ1v) is 10.8. The van der Waals surface area contributed by atoms with Gasteiger partial charge in [0.15, 0.2) is 11.6 Å². The van der Waals surface area contributed by atoms with Crippen molar-refractivity contribution in [2.45, 2.75) is 58.8 Å². The topological polar surface area (TPSA) is 52.6 Å². The lowest BCUT2D eigenvalue weighted by Gasteiger charge is -2.57. The third-order valence-electron chi connectivity index (χ3n) is 8.72. The number of Topliss-reactive ketones (excluding diaryl/α,β-unsaturated/α-hetero) is 1. The Morgan fingerprint density at radius 2 is 2.00 bits per heavy atom. The summed E-state index contributed by atoms with van der Waals surface area (Å²) in [7, 11) is 1.57. The van der Waals surface area contributed by atoms with Crippen LogP contribution in [0.2, 0.25) is 0 Å². The molecule has 0 aromatic carbocycles. The molecule has 4 nitrogen and oxygen atoms in total. The maximum atomic E-state index is 13.0. The molecule has 0 amide bonds. The van der Waals surface area contributed by atoms with Gasteiger partial charge in [-0.25, -0.2) is 0 Å². The van der Waals surface area contributed by atoms with Gasteiger partial charge in [0.05, 0.1) is 0 Å². The highest BCUT2D eigenvalue weighted by Gasteiger charge is 2.61. The van der Waals surface area contributed by atoms with Crippen molar-refractivity contribution in [2.75, 3.05) is 20.5 Å². The summed E-state index contributed by atoms with van der Waals surface area (Å²) in [6.07, 6.45) is 9.01. The zero-order chi connectivity index (χ0) is 20.1. The largest absolute Gasteiger partial charge is 0.359 e.